The minimum absolute atomic E-state index is 0.0107. The maximum absolute atomic E-state index is 15.2. The van der Waals surface area contributed by atoms with Gasteiger partial charge in [-0.3, -0.25) is 52.7 Å². The van der Waals surface area contributed by atoms with Gasteiger partial charge in [-0.2, -0.15) is 23.5 Å². The Morgan fingerprint density at radius 2 is 1.28 bits per heavy atom. The largest absolute Gasteiger partial charge is 0.508 e. The summed E-state index contributed by atoms with van der Waals surface area (Å²) in [5.74, 6) is -10.5. The summed E-state index contributed by atoms with van der Waals surface area (Å²) in [7, 11) is 1.16. The van der Waals surface area contributed by atoms with Crippen molar-refractivity contribution in [2.24, 2.45) is 11.5 Å². The minimum atomic E-state index is -2.03. The van der Waals surface area contributed by atoms with Gasteiger partial charge in [0, 0.05) is 115 Å². The Balaban J connectivity index is 1.06. The number of H-pyrrole nitrogens is 3. The van der Waals surface area contributed by atoms with Crippen molar-refractivity contribution in [1.82, 2.24) is 67.0 Å². The second-order valence-corrected chi connectivity index (χ2v) is 27.0. The van der Waals surface area contributed by atoms with Crippen molar-refractivity contribution in [2.75, 3.05) is 38.2 Å². The van der Waals surface area contributed by atoms with E-state index in [0.717, 1.165) is 23.1 Å². The standard InChI is InChI=1S/C69H81F2N15O13S2/c1-85-58(28-45-32-74-37-78-45)67(97)83-54(23-38-10-14-46(87)15-11-38)69(99)86-20-5-9-57(86)66(96)84-56(62(73)92)36-101-35-40-7-4-6-39(22-40)34-100-21-18-59(88)79-51(8-2-3-19-72)63(93)77-33-60(89)80-52(24-41-30-75-49-16-12-43(70)26-47(41)49)64(94)81-53(65(95)82-55(68(85)98)29-61(90)91)25-42-31-76-50-17-13-44(71)27-48(42)50/h4,6-7,10-17,22,26-27,30-32,37,51-58,75-76,87H,2-3,5,8-9,18-21,23-25,28-29,33-36,72H2,1H3,(H2,73,92)(H,74,78)(H,77,93)(H,79,88)(H,80,89)(H,81,94)(H,82,95)(H,83,97)(H,84,96)(H,90,91)/t51-,52-,53-,54-,55-,56-,57-,58-/m0/s1. The third-order valence-corrected chi connectivity index (χ3v) is 19.6. The SMILES string of the molecule is CN1C(=O)[C@H](CC(=O)O)NC(=O)[C@H](Cc2c[nH]c3ccc(F)cc23)NC(=O)[C@H](Cc2c[nH]c3ccc(F)cc23)NC(=O)CNC(=O)[C@H](CCCCN)NC(=O)CCSCc2cccc(c2)CSC[C@@H](C(N)=O)NC(=O)[C@@H]2CCCN2C(=O)[C@H](Cc2ccc(O)cc2)NC(=O)[C@@H]1Cc1cnc[nH]1. The molecule has 16 N–H and O–H groups in total. The molecule has 2 bridgehead atoms. The minimum Gasteiger partial charge on any atom is -0.508 e. The number of primary amides is 1. The Labute approximate surface area is 587 Å². The molecule has 32 heteroatoms. The van der Waals surface area contributed by atoms with Crippen molar-refractivity contribution in [3.8, 4) is 5.75 Å². The number of thioether (sulfide) groups is 2. The number of aromatic amines is 3. The first kappa shape index (κ1) is 74.9. The van der Waals surface area contributed by atoms with Crippen LogP contribution in [0.4, 0.5) is 8.78 Å². The second kappa shape index (κ2) is 35.6. The Hall–Kier alpha value is -10.3. The fourth-order valence-electron chi connectivity index (χ4n) is 12.2. The predicted octanol–water partition coefficient (Wildman–Crippen LogP) is 2.13. The molecule has 5 heterocycles. The number of halogens is 2. The van der Waals surface area contributed by atoms with E-state index in [1.165, 1.54) is 114 Å². The van der Waals surface area contributed by atoms with Crippen LogP contribution in [0.3, 0.4) is 0 Å². The van der Waals surface area contributed by atoms with Crippen LogP contribution in [0.2, 0.25) is 0 Å². The summed E-state index contributed by atoms with van der Waals surface area (Å²) in [5, 5.41) is 39.7. The Kier molecular flexibility index (Phi) is 26.4. The van der Waals surface area contributed by atoms with Gasteiger partial charge < -0.3 is 83.6 Å². The molecule has 2 aliphatic heterocycles. The third kappa shape index (κ3) is 20.9. The number of carbonyl (C=O) groups is 11. The van der Waals surface area contributed by atoms with Crippen molar-refractivity contribution in [1.29, 1.82) is 0 Å². The number of phenols is 1. The number of aliphatic carboxylic acids is 1. The van der Waals surface area contributed by atoms with Gasteiger partial charge in [-0.1, -0.05) is 36.4 Å². The second-order valence-electron chi connectivity index (χ2n) is 24.8. The molecule has 0 unspecified atom stereocenters. The van der Waals surface area contributed by atoms with Gasteiger partial charge in [0.15, 0.2) is 0 Å². The van der Waals surface area contributed by atoms with E-state index in [1.54, 1.807) is 0 Å². The zero-order valence-electron chi connectivity index (χ0n) is 55.2. The highest BCUT2D eigenvalue weighted by Crippen LogP contribution is 2.26. The number of nitrogens with two attached hydrogens (primary N) is 2. The highest BCUT2D eigenvalue weighted by molar-refractivity contribution is 7.98. The number of amides is 10. The fourth-order valence-corrected chi connectivity index (χ4v) is 14.1. The van der Waals surface area contributed by atoms with E-state index >= 15 is 24.0 Å². The van der Waals surface area contributed by atoms with Crippen LogP contribution in [0.25, 0.3) is 21.8 Å². The lowest BCUT2D eigenvalue weighted by Crippen LogP contribution is -2.61. The molecule has 0 saturated carbocycles. The summed E-state index contributed by atoms with van der Waals surface area (Å²) >= 11 is 2.79. The zero-order valence-corrected chi connectivity index (χ0v) is 56.8. The lowest BCUT2D eigenvalue weighted by molar-refractivity contribution is -0.147. The average molecular weight is 1430 g/mol. The van der Waals surface area contributed by atoms with Crippen molar-refractivity contribution in [3.05, 3.63) is 155 Å². The third-order valence-electron chi connectivity index (χ3n) is 17.5. The number of unbranched alkanes of at least 4 members (excludes halogenated alkanes) is 1. The topological polar surface area (TPSA) is 431 Å². The van der Waals surface area contributed by atoms with Crippen LogP contribution in [0.15, 0.2) is 110 Å². The molecule has 3 aromatic heterocycles. The van der Waals surface area contributed by atoms with Crippen LogP contribution in [-0.4, -0.2) is 192 Å². The number of fused-ring (bicyclic) bond motifs is 5. The number of carbonyl (C=O) groups excluding carboxylic acids is 10. The van der Waals surface area contributed by atoms with Crippen LogP contribution >= 0.6 is 23.5 Å². The van der Waals surface area contributed by atoms with E-state index in [4.69, 9.17) is 11.5 Å². The number of nitrogens with one attached hydrogen (secondary N) is 10. The summed E-state index contributed by atoms with van der Waals surface area (Å²) in [5.41, 5.74) is 15.6. The maximum Gasteiger partial charge on any atom is 0.305 e. The Morgan fingerprint density at radius 3 is 1.90 bits per heavy atom. The number of aromatic hydroxyl groups is 1. The molecule has 101 heavy (non-hydrogen) atoms. The van der Waals surface area contributed by atoms with E-state index in [-0.39, 0.29) is 73.2 Å². The van der Waals surface area contributed by atoms with E-state index in [2.05, 4.69) is 57.2 Å². The van der Waals surface area contributed by atoms with E-state index < -0.39 is 144 Å². The molecule has 1 saturated heterocycles. The van der Waals surface area contributed by atoms with Gasteiger partial charge in [-0.25, -0.2) is 13.8 Å². The van der Waals surface area contributed by atoms with Crippen molar-refractivity contribution >= 4 is 110 Å². The van der Waals surface area contributed by atoms with Crippen LogP contribution < -0.4 is 48.7 Å². The number of hydrogen-bond donors (Lipinski definition) is 14. The molecule has 9 rings (SSSR count). The molecule has 2 aliphatic rings. The molecular formula is C69H81F2N15O13S2. The monoisotopic (exact) mass is 1430 g/mol. The van der Waals surface area contributed by atoms with E-state index in [1.807, 2.05) is 24.3 Å². The predicted molar refractivity (Wildman–Crippen MR) is 372 cm³/mol. The normalized spacial score (nSPS) is 22.1. The zero-order chi connectivity index (χ0) is 72.3. The van der Waals surface area contributed by atoms with E-state index in [0.29, 0.717) is 70.6 Å². The first-order valence-electron chi connectivity index (χ1n) is 32.9. The van der Waals surface area contributed by atoms with Crippen molar-refractivity contribution < 1.29 is 71.7 Å². The number of likely N-dealkylation sites (N-methyl/N-ethyl adjacent to an activating group) is 1. The molecule has 4 aromatic carbocycles. The summed E-state index contributed by atoms with van der Waals surface area (Å²) in [6.45, 7) is -0.407. The van der Waals surface area contributed by atoms with Gasteiger partial charge in [-0.05, 0) is 115 Å². The Morgan fingerprint density at radius 1 is 0.653 bits per heavy atom. The highest BCUT2D eigenvalue weighted by Gasteiger charge is 2.42. The van der Waals surface area contributed by atoms with Gasteiger partial charge in [-0.15, -0.1) is 0 Å². The number of hydrogen-bond acceptors (Lipinski definition) is 16. The lowest BCUT2D eigenvalue weighted by atomic mass is 10.0. The molecule has 28 nitrogen and oxygen atoms in total. The summed E-state index contributed by atoms with van der Waals surface area (Å²) < 4.78 is 29.9. The first-order chi connectivity index (χ1) is 48.5. The molecule has 536 valence electrons. The molecule has 1 fully saturated rings. The van der Waals surface area contributed by atoms with Crippen LogP contribution in [0.5, 0.6) is 5.75 Å². The number of rotatable bonds is 15. The van der Waals surface area contributed by atoms with Crippen LogP contribution in [0.1, 0.15) is 78.5 Å². The summed E-state index contributed by atoms with van der Waals surface area (Å²) in [6.07, 6.45) is 4.61. The molecule has 0 spiro atoms. The van der Waals surface area contributed by atoms with Gasteiger partial charge >= 0.3 is 5.97 Å². The van der Waals surface area contributed by atoms with Gasteiger partial charge in [0.25, 0.3) is 0 Å². The molecule has 7 aromatic rings. The molecule has 10 amide bonds. The molecular weight excluding hydrogens is 1350 g/mol. The average Bonchev–Trinajstić information content (AvgIpc) is 1.75. The van der Waals surface area contributed by atoms with Crippen LogP contribution in [-0.2, 0) is 89.9 Å². The maximum atomic E-state index is 15.2. The first-order valence-corrected chi connectivity index (χ1v) is 35.2. The van der Waals surface area contributed by atoms with Gasteiger partial charge in [0.05, 0.1) is 19.3 Å². The molecule has 0 radical (unpaired) electrons. The molecule has 0 aliphatic carbocycles. The van der Waals surface area contributed by atoms with Gasteiger partial charge in [0.1, 0.15) is 65.7 Å². The summed E-state index contributed by atoms with van der Waals surface area (Å²) in [4.78, 5) is 172. The van der Waals surface area contributed by atoms with E-state index in [9.17, 15) is 47.8 Å². The summed E-state index contributed by atoms with van der Waals surface area (Å²) in [6, 6.07) is 8.99. The number of carboxylic acids is 1. The number of carboxylic acid groups (broad SMARTS) is 1. The number of benzene rings is 4. The number of nitrogens with zero attached hydrogens (tertiary/aromatic N) is 3. The van der Waals surface area contributed by atoms with Crippen molar-refractivity contribution in [2.45, 2.75) is 130 Å². The number of imidazole rings is 1. The Bertz CT molecular complexity index is 4140. The van der Waals surface area contributed by atoms with Gasteiger partial charge in [0.2, 0.25) is 59.1 Å². The smallest absolute Gasteiger partial charge is 0.305 e. The number of phenolic OH excluding ortho intramolecular Hbond substituents is 1. The highest BCUT2D eigenvalue weighted by atomic mass is 32.2. The number of aromatic nitrogens is 4. The molecule has 8 atom stereocenters. The fraction of sp³-hybridized carbons (Fsp3) is 0.391. The quantitative estimate of drug-likeness (QED) is 0.0654. The van der Waals surface area contributed by atoms with Crippen molar-refractivity contribution in [3.63, 3.8) is 0 Å². The lowest BCUT2D eigenvalue weighted by Gasteiger charge is -2.33. The van der Waals surface area contributed by atoms with Crippen LogP contribution in [0, 0.1) is 11.6 Å².